The summed E-state index contributed by atoms with van der Waals surface area (Å²) < 4.78 is 51.4. The third kappa shape index (κ3) is 3.99. The van der Waals surface area contributed by atoms with Crippen LogP contribution in [0, 0.1) is 5.82 Å². The molecular formula is C22H25FN2O5S. The van der Waals surface area contributed by atoms with Crippen molar-refractivity contribution in [1.29, 1.82) is 0 Å². The summed E-state index contributed by atoms with van der Waals surface area (Å²) in [4.78, 5) is 15.0. The Morgan fingerprint density at radius 2 is 1.68 bits per heavy atom. The number of rotatable bonds is 5. The molecule has 1 atom stereocenters. The topological polar surface area (TPSA) is 76.2 Å². The van der Waals surface area contributed by atoms with E-state index in [1.807, 2.05) is 12.1 Å². The molecule has 1 fully saturated rings. The minimum absolute atomic E-state index is 0.00517. The molecule has 9 heteroatoms. The van der Waals surface area contributed by atoms with Gasteiger partial charge in [0.15, 0.2) is 11.5 Å². The van der Waals surface area contributed by atoms with Crippen LogP contribution >= 0.6 is 0 Å². The molecular weight excluding hydrogens is 423 g/mol. The molecule has 0 unspecified atom stereocenters. The van der Waals surface area contributed by atoms with Gasteiger partial charge in [-0.3, -0.25) is 4.79 Å². The summed E-state index contributed by atoms with van der Waals surface area (Å²) in [6, 6.07) is 7.75. The van der Waals surface area contributed by atoms with E-state index in [1.165, 1.54) is 16.4 Å². The molecule has 0 N–H and O–H groups in total. The number of methoxy groups -OCH3 is 2. The fourth-order valence-corrected chi connectivity index (χ4v) is 5.95. The molecule has 2 aliphatic heterocycles. The van der Waals surface area contributed by atoms with Crippen molar-refractivity contribution in [3.05, 3.63) is 53.3 Å². The van der Waals surface area contributed by atoms with Crippen LogP contribution in [0.1, 0.15) is 24.0 Å². The lowest BCUT2D eigenvalue weighted by molar-refractivity contribution is -0.135. The van der Waals surface area contributed by atoms with E-state index in [9.17, 15) is 17.6 Å². The van der Waals surface area contributed by atoms with Crippen molar-refractivity contribution >= 4 is 15.9 Å². The normalized spacial score (nSPS) is 19.2. The fourth-order valence-electron chi connectivity index (χ4n) is 4.30. The van der Waals surface area contributed by atoms with Crippen LogP contribution in [0.2, 0.25) is 0 Å². The summed E-state index contributed by atoms with van der Waals surface area (Å²) in [6.45, 7) is 1.16. The molecule has 2 heterocycles. The molecule has 7 nitrogen and oxygen atoms in total. The van der Waals surface area contributed by atoms with E-state index in [4.69, 9.17) is 9.47 Å². The summed E-state index contributed by atoms with van der Waals surface area (Å²) in [5.41, 5.74) is 2.05. The average Bonchev–Trinajstić information content (AvgIpc) is 3.28. The Morgan fingerprint density at radius 1 is 1.03 bits per heavy atom. The number of carbonyl (C=O) groups excluding carboxylic acids is 1. The zero-order valence-electron chi connectivity index (χ0n) is 17.5. The molecule has 0 saturated carbocycles. The quantitative estimate of drug-likeness (QED) is 0.703. The van der Waals surface area contributed by atoms with Crippen LogP contribution < -0.4 is 9.47 Å². The minimum Gasteiger partial charge on any atom is -0.493 e. The van der Waals surface area contributed by atoms with Gasteiger partial charge in [-0.2, -0.15) is 4.31 Å². The van der Waals surface area contributed by atoms with E-state index in [2.05, 4.69) is 0 Å². The molecule has 2 aliphatic rings. The Morgan fingerprint density at radius 3 is 2.32 bits per heavy atom. The van der Waals surface area contributed by atoms with Gasteiger partial charge in [0.05, 0.1) is 19.1 Å². The van der Waals surface area contributed by atoms with Crippen molar-refractivity contribution in [3.8, 4) is 11.5 Å². The third-order valence-corrected chi connectivity index (χ3v) is 7.86. The smallest absolute Gasteiger partial charge is 0.243 e. The highest BCUT2D eigenvalue weighted by molar-refractivity contribution is 7.89. The second-order valence-electron chi connectivity index (χ2n) is 7.71. The highest BCUT2D eigenvalue weighted by atomic mass is 32.2. The number of ether oxygens (including phenoxy) is 2. The zero-order valence-corrected chi connectivity index (χ0v) is 18.3. The Kier molecular flexibility index (Phi) is 5.90. The summed E-state index contributed by atoms with van der Waals surface area (Å²) in [5, 5.41) is 0. The maximum atomic E-state index is 13.3. The van der Waals surface area contributed by atoms with Crippen LogP contribution in [-0.4, -0.2) is 56.9 Å². The molecule has 2 aromatic carbocycles. The van der Waals surface area contributed by atoms with Gasteiger partial charge in [0.25, 0.3) is 0 Å². The second-order valence-corrected chi connectivity index (χ2v) is 9.60. The predicted molar refractivity (Wildman–Crippen MR) is 112 cm³/mol. The van der Waals surface area contributed by atoms with Crippen LogP contribution in [0.25, 0.3) is 0 Å². The molecule has 166 valence electrons. The highest BCUT2D eigenvalue weighted by Crippen LogP contribution is 2.34. The van der Waals surface area contributed by atoms with Crippen LogP contribution in [0.15, 0.2) is 41.3 Å². The maximum absolute atomic E-state index is 13.3. The first kappa shape index (κ1) is 21.6. The third-order valence-electron chi connectivity index (χ3n) is 5.94. The Hall–Kier alpha value is -2.65. The number of fused-ring (bicyclic) bond motifs is 1. The molecule has 0 aliphatic carbocycles. The average molecular weight is 449 g/mol. The first-order chi connectivity index (χ1) is 14.8. The van der Waals surface area contributed by atoms with Gasteiger partial charge in [-0.15, -0.1) is 0 Å². The van der Waals surface area contributed by atoms with Crippen molar-refractivity contribution in [1.82, 2.24) is 9.21 Å². The number of carbonyl (C=O) groups is 1. The number of hydrogen-bond acceptors (Lipinski definition) is 5. The summed E-state index contributed by atoms with van der Waals surface area (Å²) in [7, 11) is -0.741. The zero-order chi connectivity index (χ0) is 22.2. The van der Waals surface area contributed by atoms with E-state index in [-0.39, 0.29) is 17.3 Å². The van der Waals surface area contributed by atoms with Crippen molar-refractivity contribution in [2.24, 2.45) is 0 Å². The van der Waals surface area contributed by atoms with Gasteiger partial charge < -0.3 is 14.4 Å². The lowest BCUT2D eigenvalue weighted by Crippen LogP contribution is -2.49. The van der Waals surface area contributed by atoms with Gasteiger partial charge in [-0.1, -0.05) is 0 Å². The Balaban J connectivity index is 1.56. The van der Waals surface area contributed by atoms with Gasteiger partial charge in [0.1, 0.15) is 11.9 Å². The van der Waals surface area contributed by atoms with Gasteiger partial charge in [-0.25, -0.2) is 12.8 Å². The molecule has 4 rings (SSSR count). The number of halogens is 1. The SMILES string of the molecule is COc1cc2c(cc1OC)CN(C(=O)[C@@H]1CCCN1S(=O)(=O)c1ccc(F)cc1)CC2. The lowest BCUT2D eigenvalue weighted by Gasteiger charge is -2.33. The van der Waals surface area contributed by atoms with Crippen molar-refractivity contribution in [2.75, 3.05) is 27.3 Å². The minimum atomic E-state index is -3.89. The second kappa shape index (κ2) is 8.47. The molecule has 1 amide bonds. The number of hydrogen-bond donors (Lipinski definition) is 0. The Bertz CT molecular complexity index is 1090. The summed E-state index contributed by atoms with van der Waals surface area (Å²) >= 11 is 0. The summed E-state index contributed by atoms with van der Waals surface area (Å²) in [6.07, 6.45) is 1.72. The first-order valence-corrected chi connectivity index (χ1v) is 11.6. The molecule has 0 spiro atoms. The standard InChI is InChI=1S/C22H25FN2O5S/c1-29-20-12-15-9-11-24(14-16(15)13-21(20)30-2)22(26)19-4-3-10-25(19)31(27,28)18-7-5-17(23)6-8-18/h5-8,12-13,19H,3-4,9-11,14H2,1-2H3/t19-/m0/s1. The van der Waals surface area contributed by atoms with Crippen molar-refractivity contribution < 1.29 is 27.1 Å². The van der Waals surface area contributed by atoms with Gasteiger partial charge >= 0.3 is 0 Å². The molecule has 31 heavy (non-hydrogen) atoms. The molecule has 0 radical (unpaired) electrons. The van der Waals surface area contributed by atoms with E-state index in [0.29, 0.717) is 43.9 Å². The van der Waals surface area contributed by atoms with Crippen LogP contribution in [-0.2, 0) is 27.8 Å². The molecule has 0 bridgehead atoms. The van der Waals surface area contributed by atoms with Gasteiger partial charge in [0.2, 0.25) is 15.9 Å². The van der Waals surface area contributed by atoms with E-state index in [0.717, 1.165) is 23.3 Å². The van der Waals surface area contributed by atoms with E-state index in [1.54, 1.807) is 19.1 Å². The number of benzene rings is 2. The van der Waals surface area contributed by atoms with Crippen molar-refractivity contribution in [3.63, 3.8) is 0 Å². The fraction of sp³-hybridized carbons (Fsp3) is 0.409. The molecule has 0 aromatic heterocycles. The monoisotopic (exact) mass is 448 g/mol. The molecule has 1 saturated heterocycles. The van der Waals surface area contributed by atoms with Gasteiger partial charge in [0, 0.05) is 19.6 Å². The molecule has 2 aromatic rings. The Labute approximate surface area is 181 Å². The van der Waals surface area contributed by atoms with E-state index < -0.39 is 21.9 Å². The maximum Gasteiger partial charge on any atom is 0.243 e. The lowest BCUT2D eigenvalue weighted by atomic mass is 9.98. The number of sulfonamides is 1. The predicted octanol–water partition coefficient (Wildman–Crippen LogP) is 2.58. The van der Waals surface area contributed by atoms with Gasteiger partial charge in [-0.05, 0) is 66.8 Å². The van der Waals surface area contributed by atoms with E-state index >= 15 is 0 Å². The number of amides is 1. The number of nitrogens with zero attached hydrogens (tertiary/aromatic N) is 2. The van der Waals surface area contributed by atoms with Crippen LogP contribution in [0.3, 0.4) is 0 Å². The van der Waals surface area contributed by atoms with Crippen LogP contribution in [0.5, 0.6) is 11.5 Å². The highest BCUT2D eigenvalue weighted by Gasteiger charge is 2.41. The van der Waals surface area contributed by atoms with Crippen LogP contribution in [0.4, 0.5) is 4.39 Å². The first-order valence-electron chi connectivity index (χ1n) is 10.1. The van der Waals surface area contributed by atoms with Crippen molar-refractivity contribution in [2.45, 2.75) is 36.7 Å². The largest absolute Gasteiger partial charge is 0.493 e. The summed E-state index contributed by atoms with van der Waals surface area (Å²) in [5.74, 6) is 0.529.